The van der Waals surface area contributed by atoms with Crippen LogP contribution in [0.5, 0.6) is 0 Å². The second kappa shape index (κ2) is 9.75. The van der Waals surface area contributed by atoms with Gasteiger partial charge >= 0.3 is 0 Å². The van der Waals surface area contributed by atoms with Crippen LogP contribution in [0, 0.1) is 5.92 Å². The molecule has 0 aromatic heterocycles. The summed E-state index contributed by atoms with van der Waals surface area (Å²) >= 11 is 0. The number of likely N-dealkylation sites (N-methyl/N-ethyl adjacent to an activating group) is 1. The fraction of sp³-hybridized carbons (Fsp3) is 0.667. The van der Waals surface area contributed by atoms with E-state index in [1.165, 1.54) is 19.3 Å². The van der Waals surface area contributed by atoms with Gasteiger partial charge in [-0.1, -0.05) is 26.3 Å². The van der Waals surface area contributed by atoms with Gasteiger partial charge in [-0.3, -0.25) is 0 Å². The lowest BCUT2D eigenvalue weighted by Crippen LogP contribution is -2.30. The molecule has 1 aliphatic carbocycles. The van der Waals surface area contributed by atoms with Gasteiger partial charge in [0, 0.05) is 22.1 Å². The van der Waals surface area contributed by atoms with E-state index in [2.05, 4.69) is 35.1 Å². The summed E-state index contributed by atoms with van der Waals surface area (Å²) in [6.45, 7) is 10.7. The average molecular weight is 253 g/mol. The Labute approximate surface area is 114 Å². The maximum atomic E-state index is 4.02. The van der Waals surface area contributed by atoms with Gasteiger partial charge in [-0.15, -0.1) is 0 Å². The van der Waals surface area contributed by atoms with Gasteiger partial charge in [-0.25, -0.2) is 4.99 Å². The van der Waals surface area contributed by atoms with E-state index in [1.807, 2.05) is 33.9 Å². The van der Waals surface area contributed by atoms with Gasteiger partial charge in [0.25, 0.3) is 0 Å². The van der Waals surface area contributed by atoms with Gasteiger partial charge < -0.3 is 10.2 Å². The topological polar surface area (TPSA) is 27.6 Å². The van der Waals surface area contributed by atoms with E-state index in [-0.39, 0.29) is 1.43 Å². The van der Waals surface area contributed by atoms with Crippen LogP contribution in [0.15, 0.2) is 28.7 Å². The summed E-state index contributed by atoms with van der Waals surface area (Å²) in [4.78, 5) is 6.29. The number of hydrogen-bond donors (Lipinski definition) is 1. The third-order valence-corrected chi connectivity index (χ3v) is 3.13. The summed E-state index contributed by atoms with van der Waals surface area (Å²) in [5.41, 5.74) is 1.12. The third-order valence-electron chi connectivity index (χ3n) is 3.13. The van der Waals surface area contributed by atoms with Crippen molar-refractivity contribution in [1.82, 2.24) is 10.2 Å². The van der Waals surface area contributed by atoms with Crippen molar-refractivity contribution in [3.05, 3.63) is 23.7 Å². The molecule has 106 valence electrons. The predicted octanol–water partition coefficient (Wildman–Crippen LogP) is 3.66. The maximum absolute atomic E-state index is 4.02. The standard InChI is InChI=1S/C13H23N3.C2H6.H2/c1-5-7-12(13(14-2)15-3)16(4)10-11-8-6-9-11;1-2;/h5,7,11,15H,2,6,8-10H2,1,3-4H3;1-2H3;1H/b7-5-,13-12-;;. The first-order valence-electron chi connectivity index (χ1n) is 6.95. The molecule has 0 atom stereocenters. The molecule has 0 heterocycles. The van der Waals surface area contributed by atoms with E-state index in [0.717, 1.165) is 24.0 Å². The zero-order valence-corrected chi connectivity index (χ0v) is 12.7. The summed E-state index contributed by atoms with van der Waals surface area (Å²) in [5, 5.41) is 3.08. The Bertz CT molecular complexity index is 294. The molecule has 1 fully saturated rings. The molecule has 0 bridgehead atoms. The quantitative estimate of drug-likeness (QED) is 0.578. The van der Waals surface area contributed by atoms with Crippen molar-refractivity contribution in [3.63, 3.8) is 0 Å². The smallest absolute Gasteiger partial charge is 0.148 e. The van der Waals surface area contributed by atoms with Crippen molar-refractivity contribution in [2.45, 2.75) is 40.0 Å². The molecule has 0 aromatic carbocycles. The van der Waals surface area contributed by atoms with Gasteiger partial charge in [0.15, 0.2) is 0 Å². The highest BCUT2D eigenvalue weighted by molar-refractivity contribution is 5.33. The van der Waals surface area contributed by atoms with Crippen molar-refractivity contribution >= 4 is 6.72 Å². The molecular formula is C15H31N3. The van der Waals surface area contributed by atoms with Crippen molar-refractivity contribution in [3.8, 4) is 0 Å². The molecule has 0 spiro atoms. The van der Waals surface area contributed by atoms with Crippen LogP contribution >= 0.6 is 0 Å². The van der Waals surface area contributed by atoms with Crippen LogP contribution in [0.25, 0.3) is 0 Å². The molecule has 1 N–H and O–H groups in total. The summed E-state index contributed by atoms with van der Waals surface area (Å²) in [7, 11) is 4.00. The first-order valence-corrected chi connectivity index (χ1v) is 6.95. The Morgan fingerprint density at radius 1 is 1.50 bits per heavy atom. The molecule has 1 rings (SSSR count). The molecule has 1 saturated carbocycles. The summed E-state index contributed by atoms with van der Waals surface area (Å²) in [6.07, 6.45) is 8.24. The van der Waals surface area contributed by atoms with E-state index < -0.39 is 0 Å². The van der Waals surface area contributed by atoms with Crippen molar-refractivity contribution in [2.24, 2.45) is 10.9 Å². The highest BCUT2D eigenvalue weighted by atomic mass is 15.1. The van der Waals surface area contributed by atoms with E-state index in [0.29, 0.717) is 0 Å². The lowest BCUT2D eigenvalue weighted by Gasteiger charge is -2.32. The summed E-state index contributed by atoms with van der Waals surface area (Å²) in [5.74, 6) is 1.70. The average Bonchev–Trinajstić information content (AvgIpc) is 2.36. The fourth-order valence-electron chi connectivity index (χ4n) is 1.99. The number of hydrogen-bond acceptors (Lipinski definition) is 3. The van der Waals surface area contributed by atoms with Crippen molar-refractivity contribution in [1.29, 1.82) is 0 Å². The van der Waals surface area contributed by atoms with Crippen molar-refractivity contribution < 1.29 is 1.43 Å². The largest absolute Gasteiger partial charge is 0.371 e. The molecule has 18 heavy (non-hydrogen) atoms. The highest BCUT2D eigenvalue weighted by Crippen LogP contribution is 2.28. The predicted molar refractivity (Wildman–Crippen MR) is 83.9 cm³/mol. The Hall–Kier alpha value is -1.25. The number of allylic oxidation sites excluding steroid dienone is 2. The Balaban J connectivity index is 0. The second-order valence-corrected chi connectivity index (χ2v) is 4.32. The van der Waals surface area contributed by atoms with Gasteiger partial charge in [0.05, 0.1) is 5.70 Å². The number of aliphatic imine (C=N–C) groups is 1. The highest BCUT2D eigenvalue weighted by Gasteiger charge is 2.20. The van der Waals surface area contributed by atoms with E-state index in [9.17, 15) is 0 Å². The third kappa shape index (κ3) is 4.94. The SMILES string of the molecule is C=N/C(NC)=C(\C=C/C)N(C)CC1CCC1.CC.[HH]. The normalized spacial score (nSPS) is 16.3. The van der Waals surface area contributed by atoms with Crippen LogP contribution in [0.2, 0.25) is 0 Å². The van der Waals surface area contributed by atoms with Gasteiger partial charge in [-0.05, 0) is 38.5 Å². The molecule has 0 radical (unpaired) electrons. The Morgan fingerprint density at radius 3 is 2.44 bits per heavy atom. The zero-order chi connectivity index (χ0) is 14.0. The summed E-state index contributed by atoms with van der Waals surface area (Å²) in [6, 6.07) is 0. The lowest BCUT2D eigenvalue weighted by molar-refractivity contribution is 0.237. The van der Waals surface area contributed by atoms with E-state index in [1.54, 1.807) is 0 Å². The molecule has 0 amide bonds. The minimum Gasteiger partial charge on any atom is -0.371 e. The van der Waals surface area contributed by atoms with Crippen LogP contribution in [0.4, 0.5) is 0 Å². The maximum Gasteiger partial charge on any atom is 0.148 e. The molecule has 0 aromatic rings. The van der Waals surface area contributed by atoms with Crippen LogP contribution in [-0.2, 0) is 0 Å². The van der Waals surface area contributed by atoms with Crippen LogP contribution < -0.4 is 5.32 Å². The first kappa shape index (κ1) is 16.8. The molecule has 0 saturated heterocycles. The van der Waals surface area contributed by atoms with E-state index in [4.69, 9.17) is 0 Å². The minimum atomic E-state index is 0. The molecule has 0 aliphatic heterocycles. The lowest BCUT2D eigenvalue weighted by atomic mass is 9.85. The number of nitrogens with one attached hydrogen (secondary N) is 1. The minimum absolute atomic E-state index is 0. The molecule has 3 nitrogen and oxygen atoms in total. The molecule has 0 unspecified atom stereocenters. The number of rotatable bonds is 6. The summed E-state index contributed by atoms with van der Waals surface area (Å²) < 4.78 is 0. The van der Waals surface area contributed by atoms with Crippen molar-refractivity contribution in [2.75, 3.05) is 20.6 Å². The monoisotopic (exact) mass is 253 g/mol. The molecule has 3 heteroatoms. The molecule has 1 aliphatic rings. The second-order valence-electron chi connectivity index (χ2n) is 4.32. The van der Waals surface area contributed by atoms with Crippen LogP contribution in [0.1, 0.15) is 41.5 Å². The Morgan fingerprint density at radius 2 is 2.11 bits per heavy atom. The molecular weight excluding hydrogens is 222 g/mol. The van der Waals surface area contributed by atoms with Gasteiger partial charge in [-0.2, -0.15) is 0 Å². The van der Waals surface area contributed by atoms with Gasteiger partial charge in [0.1, 0.15) is 5.82 Å². The van der Waals surface area contributed by atoms with Crippen LogP contribution in [0.3, 0.4) is 0 Å². The van der Waals surface area contributed by atoms with E-state index >= 15 is 0 Å². The number of nitrogens with zero attached hydrogens (tertiary/aromatic N) is 2. The Kier molecular flexibility index (Phi) is 9.07. The fourth-order valence-corrected chi connectivity index (χ4v) is 1.99. The van der Waals surface area contributed by atoms with Crippen LogP contribution in [-0.4, -0.2) is 32.3 Å². The first-order chi connectivity index (χ1) is 8.72. The zero-order valence-electron chi connectivity index (χ0n) is 12.7. The van der Waals surface area contributed by atoms with Gasteiger partial charge in [0.2, 0.25) is 0 Å².